The first-order chi connectivity index (χ1) is 9.88. The number of rotatable bonds is 5. The summed E-state index contributed by atoms with van der Waals surface area (Å²) in [6, 6.07) is 7.07. The second-order valence-electron chi connectivity index (χ2n) is 4.22. The van der Waals surface area contributed by atoms with Gasteiger partial charge in [0, 0.05) is 6.26 Å². The third-order valence-corrected chi connectivity index (χ3v) is 5.00. The van der Waals surface area contributed by atoms with E-state index in [0.29, 0.717) is 5.75 Å². The van der Waals surface area contributed by atoms with Gasteiger partial charge in [0.2, 0.25) is 25.2 Å². The maximum atomic E-state index is 11.8. The molecule has 0 aliphatic heterocycles. The summed E-state index contributed by atoms with van der Waals surface area (Å²) in [5, 5.41) is 9.83. The Hall–Kier alpha value is -2.00. The van der Waals surface area contributed by atoms with Crippen LogP contribution in [0.15, 0.2) is 28.6 Å². The van der Waals surface area contributed by atoms with Crippen LogP contribution in [0.1, 0.15) is 5.56 Å². The highest BCUT2D eigenvalue weighted by molar-refractivity contribution is 7.92. The molecule has 21 heavy (non-hydrogen) atoms. The molecule has 7 nitrogen and oxygen atoms in total. The van der Waals surface area contributed by atoms with Crippen molar-refractivity contribution < 1.29 is 17.9 Å². The molecule has 0 aliphatic carbocycles. The van der Waals surface area contributed by atoms with Gasteiger partial charge in [0.05, 0.1) is 13.5 Å². The first-order valence-electron chi connectivity index (χ1n) is 5.85. The lowest BCUT2D eigenvalue weighted by Gasteiger charge is -2.03. The van der Waals surface area contributed by atoms with E-state index >= 15 is 0 Å². The molecule has 0 saturated heterocycles. The van der Waals surface area contributed by atoms with Crippen molar-refractivity contribution in [1.29, 1.82) is 0 Å². The summed E-state index contributed by atoms with van der Waals surface area (Å²) in [6.07, 6.45) is 1.19. The molecule has 1 aromatic heterocycles. The number of carbonyl (C=O) groups excluding carboxylic acids is 1. The molecule has 0 fully saturated rings. The van der Waals surface area contributed by atoms with Gasteiger partial charge >= 0.3 is 0 Å². The van der Waals surface area contributed by atoms with E-state index in [4.69, 9.17) is 4.74 Å². The molecule has 9 heteroatoms. The molecule has 1 heterocycles. The summed E-state index contributed by atoms with van der Waals surface area (Å²) in [4.78, 5) is 11.8. The van der Waals surface area contributed by atoms with Crippen molar-refractivity contribution in [2.75, 3.05) is 18.7 Å². The summed E-state index contributed by atoms with van der Waals surface area (Å²) in [5.74, 6) is 0.414. The first kappa shape index (κ1) is 15.4. The predicted molar refractivity (Wildman–Crippen MR) is 78.3 cm³/mol. The van der Waals surface area contributed by atoms with Gasteiger partial charge < -0.3 is 10.1 Å². The van der Waals surface area contributed by atoms with Gasteiger partial charge in [-0.05, 0) is 17.7 Å². The Labute approximate surface area is 125 Å². The molecule has 1 amide bonds. The van der Waals surface area contributed by atoms with Gasteiger partial charge in [0.25, 0.3) is 0 Å². The van der Waals surface area contributed by atoms with Crippen LogP contribution in [0.2, 0.25) is 0 Å². The van der Waals surface area contributed by atoms with E-state index in [9.17, 15) is 13.2 Å². The largest absolute Gasteiger partial charge is 0.497 e. The lowest BCUT2D eigenvalue weighted by atomic mass is 10.1. The summed E-state index contributed by atoms with van der Waals surface area (Å²) in [6.45, 7) is 0. The smallest absolute Gasteiger partial charge is 0.234 e. The molecular weight excluding hydrogens is 314 g/mol. The van der Waals surface area contributed by atoms with E-state index in [0.717, 1.165) is 23.2 Å². The average molecular weight is 327 g/mol. The van der Waals surface area contributed by atoms with Crippen LogP contribution in [0.5, 0.6) is 5.75 Å². The Balaban J connectivity index is 1.99. The zero-order valence-corrected chi connectivity index (χ0v) is 13.0. The van der Waals surface area contributed by atoms with E-state index in [-0.39, 0.29) is 21.8 Å². The zero-order chi connectivity index (χ0) is 15.5. The maximum Gasteiger partial charge on any atom is 0.234 e. The van der Waals surface area contributed by atoms with Crippen LogP contribution >= 0.6 is 11.3 Å². The first-order valence-corrected chi connectivity index (χ1v) is 8.55. The fraction of sp³-hybridized carbons (Fsp3) is 0.250. The number of nitrogens with one attached hydrogen (secondary N) is 1. The number of benzene rings is 1. The highest BCUT2D eigenvalue weighted by Crippen LogP contribution is 2.20. The van der Waals surface area contributed by atoms with Crippen LogP contribution < -0.4 is 10.1 Å². The van der Waals surface area contributed by atoms with Gasteiger partial charge in [-0.25, -0.2) is 8.42 Å². The Morgan fingerprint density at radius 2 is 1.95 bits per heavy atom. The lowest BCUT2D eigenvalue weighted by Crippen LogP contribution is -2.14. The number of nitrogens with zero attached hydrogens (tertiary/aromatic N) is 2. The Kier molecular flexibility index (Phi) is 4.53. The number of hydrogen-bond acceptors (Lipinski definition) is 7. The number of carbonyl (C=O) groups is 1. The van der Waals surface area contributed by atoms with Crippen LogP contribution in [-0.2, 0) is 21.1 Å². The monoisotopic (exact) mass is 327 g/mol. The van der Waals surface area contributed by atoms with Crippen LogP contribution in [0.4, 0.5) is 5.13 Å². The van der Waals surface area contributed by atoms with Crippen LogP contribution in [0.25, 0.3) is 0 Å². The standard InChI is InChI=1S/C12H13N3O4S2/c1-19-9-5-3-8(4-6-9)7-10(16)13-11-14-15-12(20-11)21(2,17)18/h3-6H,7H2,1-2H3,(H,13,14,16). The zero-order valence-electron chi connectivity index (χ0n) is 11.4. The third kappa shape index (κ3) is 4.23. The van der Waals surface area contributed by atoms with Crippen LogP contribution in [0.3, 0.4) is 0 Å². The molecule has 0 radical (unpaired) electrons. The molecule has 1 N–H and O–H groups in total. The molecular formula is C12H13N3O4S2. The third-order valence-electron chi connectivity index (χ3n) is 2.49. The normalized spacial score (nSPS) is 11.1. The number of anilines is 1. The van der Waals surface area contributed by atoms with Gasteiger partial charge in [-0.3, -0.25) is 4.79 Å². The second kappa shape index (κ2) is 6.19. The second-order valence-corrected chi connectivity index (χ2v) is 7.39. The van der Waals surface area contributed by atoms with Crippen molar-refractivity contribution in [3.63, 3.8) is 0 Å². The fourth-order valence-electron chi connectivity index (χ4n) is 1.50. The Morgan fingerprint density at radius 3 is 2.48 bits per heavy atom. The molecule has 0 saturated carbocycles. The Bertz CT molecular complexity index is 738. The number of ether oxygens (including phenoxy) is 1. The predicted octanol–water partition coefficient (Wildman–Crippen LogP) is 1.13. The van der Waals surface area contributed by atoms with E-state index < -0.39 is 9.84 Å². The highest BCUT2D eigenvalue weighted by atomic mass is 32.2. The van der Waals surface area contributed by atoms with Crippen molar-refractivity contribution >= 4 is 32.2 Å². The molecule has 0 atom stereocenters. The molecule has 112 valence electrons. The van der Waals surface area contributed by atoms with Gasteiger partial charge in [-0.2, -0.15) is 0 Å². The van der Waals surface area contributed by atoms with Gasteiger partial charge in [-0.1, -0.05) is 23.5 Å². The molecule has 0 unspecified atom stereocenters. The number of hydrogen-bond donors (Lipinski definition) is 1. The van der Waals surface area contributed by atoms with Crippen molar-refractivity contribution in [2.45, 2.75) is 10.8 Å². The minimum atomic E-state index is -3.40. The number of aromatic nitrogens is 2. The fourth-order valence-corrected chi connectivity index (χ4v) is 3.03. The molecule has 1 aromatic carbocycles. The number of amides is 1. The van der Waals surface area contributed by atoms with Gasteiger partial charge in [0.15, 0.2) is 0 Å². The summed E-state index contributed by atoms with van der Waals surface area (Å²) in [5.41, 5.74) is 0.807. The van der Waals surface area contributed by atoms with Crippen molar-refractivity contribution in [1.82, 2.24) is 10.2 Å². The SMILES string of the molecule is COc1ccc(CC(=O)Nc2nnc(S(C)(=O)=O)s2)cc1. The van der Waals surface area contributed by atoms with E-state index in [1.165, 1.54) is 0 Å². The lowest BCUT2D eigenvalue weighted by molar-refractivity contribution is -0.115. The van der Waals surface area contributed by atoms with E-state index in [1.807, 2.05) is 0 Å². The molecule has 0 aliphatic rings. The summed E-state index contributed by atoms with van der Waals surface area (Å²) < 4.78 is 27.4. The van der Waals surface area contributed by atoms with E-state index in [1.54, 1.807) is 31.4 Å². The van der Waals surface area contributed by atoms with Crippen molar-refractivity contribution in [3.05, 3.63) is 29.8 Å². The quantitative estimate of drug-likeness (QED) is 0.827. The minimum Gasteiger partial charge on any atom is -0.497 e. The van der Waals surface area contributed by atoms with Crippen LogP contribution in [-0.4, -0.2) is 37.9 Å². The van der Waals surface area contributed by atoms with Crippen molar-refractivity contribution in [2.24, 2.45) is 0 Å². The highest BCUT2D eigenvalue weighted by Gasteiger charge is 2.15. The molecule has 0 bridgehead atoms. The van der Waals surface area contributed by atoms with Gasteiger partial charge in [0.1, 0.15) is 5.75 Å². The van der Waals surface area contributed by atoms with Crippen molar-refractivity contribution in [3.8, 4) is 5.75 Å². The van der Waals surface area contributed by atoms with Gasteiger partial charge in [-0.15, -0.1) is 10.2 Å². The minimum absolute atomic E-state index is 0.123. The average Bonchev–Trinajstić information content (AvgIpc) is 2.88. The summed E-state index contributed by atoms with van der Waals surface area (Å²) in [7, 11) is -1.84. The molecule has 0 spiro atoms. The molecule has 2 rings (SSSR count). The molecule has 2 aromatic rings. The van der Waals surface area contributed by atoms with E-state index in [2.05, 4.69) is 15.5 Å². The Morgan fingerprint density at radius 1 is 1.29 bits per heavy atom. The number of methoxy groups -OCH3 is 1. The number of sulfone groups is 1. The van der Waals surface area contributed by atoms with Crippen LogP contribution in [0, 0.1) is 0 Å². The summed E-state index contributed by atoms with van der Waals surface area (Å²) >= 11 is 0.823. The maximum absolute atomic E-state index is 11.8. The topological polar surface area (TPSA) is 98.2 Å².